The maximum absolute atomic E-state index is 13.0. The molecule has 0 bridgehead atoms. The van der Waals surface area contributed by atoms with Crippen LogP contribution >= 0.6 is 0 Å². The number of methoxy groups -OCH3 is 1. The molecule has 0 saturated heterocycles. The number of aryl methyl sites for hydroxylation is 1. The summed E-state index contributed by atoms with van der Waals surface area (Å²) >= 11 is 0. The Hall–Kier alpha value is -1.12. The predicted octanol–water partition coefficient (Wildman–Crippen LogP) is 2.54. The Labute approximate surface area is 70.0 Å². The highest BCUT2D eigenvalue weighted by Gasteiger charge is 2.11. The molecule has 0 spiro atoms. The molecule has 66 valence electrons. The summed E-state index contributed by atoms with van der Waals surface area (Å²) in [5, 5.41) is 0. The van der Waals surface area contributed by atoms with Crippen LogP contribution in [0.2, 0.25) is 0 Å². The highest BCUT2D eigenvalue weighted by molar-refractivity contribution is 5.30. The van der Waals surface area contributed by atoms with Gasteiger partial charge in [-0.1, -0.05) is 13.0 Å². The first kappa shape index (κ1) is 8.97. The first-order valence-electron chi connectivity index (χ1n) is 3.71. The normalized spacial score (nSPS) is 10.0. The SMILES string of the molecule is CCc1ccc(OC)c(F)c1F. The lowest BCUT2D eigenvalue weighted by atomic mass is 10.1. The summed E-state index contributed by atoms with van der Waals surface area (Å²) < 4.78 is 30.6. The Morgan fingerprint density at radius 2 is 1.92 bits per heavy atom. The van der Waals surface area contributed by atoms with Crippen molar-refractivity contribution in [2.45, 2.75) is 13.3 Å². The summed E-state index contributed by atoms with van der Waals surface area (Å²) in [7, 11) is 1.31. The summed E-state index contributed by atoms with van der Waals surface area (Å²) in [4.78, 5) is 0. The van der Waals surface area contributed by atoms with E-state index in [4.69, 9.17) is 0 Å². The molecular formula is C9H10F2O. The largest absolute Gasteiger partial charge is 0.494 e. The van der Waals surface area contributed by atoms with Crippen molar-refractivity contribution < 1.29 is 13.5 Å². The van der Waals surface area contributed by atoms with Gasteiger partial charge in [-0.25, -0.2) is 4.39 Å². The Balaban J connectivity index is 3.20. The van der Waals surface area contributed by atoms with Crippen molar-refractivity contribution in [2.24, 2.45) is 0 Å². The number of halogens is 2. The van der Waals surface area contributed by atoms with E-state index >= 15 is 0 Å². The molecule has 0 saturated carbocycles. The third-order valence-electron chi connectivity index (χ3n) is 1.73. The minimum Gasteiger partial charge on any atom is -0.494 e. The highest BCUT2D eigenvalue weighted by Crippen LogP contribution is 2.22. The fourth-order valence-electron chi connectivity index (χ4n) is 1.00. The van der Waals surface area contributed by atoms with Crippen LogP contribution in [0.25, 0.3) is 0 Å². The Morgan fingerprint density at radius 1 is 1.25 bits per heavy atom. The van der Waals surface area contributed by atoms with Crippen molar-refractivity contribution in [1.29, 1.82) is 0 Å². The molecule has 3 heteroatoms. The van der Waals surface area contributed by atoms with E-state index in [1.807, 2.05) is 0 Å². The van der Waals surface area contributed by atoms with Gasteiger partial charge in [0.1, 0.15) is 0 Å². The Kier molecular flexibility index (Phi) is 2.63. The lowest BCUT2D eigenvalue weighted by Gasteiger charge is -2.04. The molecule has 0 heterocycles. The van der Waals surface area contributed by atoms with Crippen LogP contribution in [0.1, 0.15) is 12.5 Å². The van der Waals surface area contributed by atoms with Gasteiger partial charge in [-0.2, -0.15) is 4.39 Å². The van der Waals surface area contributed by atoms with Gasteiger partial charge < -0.3 is 4.74 Å². The maximum atomic E-state index is 13.0. The first-order valence-corrected chi connectivity index (χ1v) is 3.71. The molecule has 0 amide bonds. The topological polar surface area (TPSA) is 9.23 Å². The molecule has 0 atom stereocenters. The van der Waals surface area contributed by atoms with Crippen molar-refractivity contribution in [1.82, 2.24) is 0 Å². The van der Waals surface area contributed by atoms with Crippen LogP contribution in [0, 0.1) is 11.6 Å². The van der Waals surface area contributed by atoms with E-state index in [1.165, 1.54) is 19.2 Å². The Bertz CT molecular complexity index is 255. The standard InChI is InChI=1S/C9H10F2O/c1-3-6-4-5-7(12-2)9(11)8(6)10/h4-5H,3H2,1-2H3. The molecule has 0 radical (unpaired) electrons. The molecule has 1 aromatic rings. The molecule has 0 aromatic heterocycles. The van der Waals surface area contributed by atoms with Gasteiger partial charge in [-0.15, -0.1) is 0 Å². The summed E-state index contributed by atoms with van der Waals surface area (Å²) in [5.74, 6) is -1.77. The van der Waals surface area contributed by atoms with Gasteiger partial charge in [0.2, 0.25) is 5.82 Å². The minimum absolute atomic E-state index is 0.0512. The van der Waals surface area contributed by atoms with Crippen LogP contribution in [0.4, 0.5) is 8.78 Å². The minimum atomic E-state index is -0.906. The lowest BCUT2D eigenvalue weighted by molar-refractivity contribution is 0.370. The van der Waals surface area contributed by atoms with E-state index in [0.717, 1.165) is 0 Å². The number of hydrogen-bond acceptors (Lipinski definition) is 1. The molecule has 0 unspecified atom stereocenters. The lowest BCUT2D eigenvalue weighted by Crippen LogP contribution is -1.96. The molecule has 0 N–H and O–H groups in total. The van der Waals surface area contributed by atoms with Gasteiger partial charge in [0.25, 0.3) is 0 Å². The summed E-state index contributed by atoms with van der Waals surface area (Å²) in [5.41, 5.74) is 0.369. The van der Waals surface area contributed by atoms with Gasteiger partial charge >= 0.3 is 0 Å². The molecular weight excluding hydrogens is 162 g/mol. The van der Waals surface area contributed by atoms with Crippen LogP contribution in [-0.2, 0) is 6.42 Å². The molecule has 0 aliphatic rings. The number of rotatable bonds is 2. The van der Waals surface area contributed by atoms with Crippen LogP contribution in [0.15, 0.2) is 12.1 Å². The zero-order valence-corrected chi connectivity index (χ0v) is 7.03. The Morgan fingerprint density at radius 3 is 2.42 bits per heavy atom. The average molecular weight is 172 g/mol. The molecule has 0 fully saturated rings. The van der Waals surface area contributed by atoms with Gasteiger partial charge in [-0.3, -0.25) is 0 Å². The fourth-order valence-corrected chi connectivity index (χ4v) is 1.00. The molecule has 0 aliphatic heterocycles. The van der Waals surface area contributed by atoms with E-state index in [0.29, 0.717) is 12.0 Å². The quantitative estimate of drug-likeness (QED) is 0.666. The molecule has 12 heavy (non-hydrogen) atoms. The second-order valence-electron chi connectivity index (χ2n) is 2.41. The first-order chi connectivity index (χ1) is 5.70. The van der Waals surface area contributed by atoms with Crippen molar-refractivity contribution >= 4 is 0 Å². The number of hydrogen-bond donors (Lipinski definition) is 0. The van der Waals surface area contributed by atoms with Gasteiger partial charge in [0, 0.05) is 0 Å². The van der Waals surface area contributed by atoms with Gasteiger partial charge in [-0.05, 0) is 18.1 Å². The summed E-state index contributed by atoms with van der Waals surface area (Å²) in [6, 6.07) is 2.95. The molecule has 0 aliphatic carbocycles. The molecule has 1 aromatic carbocycles. The predicted molar refractivity (Wildman–Crippen MR) is 42.3 cm³/mol. The number of benzene rings is 1. The molecule has 1 nitrogen and oxygen atoms in total. The van der Waals surface area contributed by atoms with E-state index in [-0.39, 0.29) is 5.75 Å². The second-order valence-corrected chi connectivity index (χ2v) is 2.41. The van der Waals surface area contributed by atoms with Crippen LogP contribution in [0.3, 0.4) is 0 Å². The zero-order chi connectivity index (χ0) is 9.14. The summed E-state index contributed by atoms with van der Waals surface area (Å²) in [6.45, 7) is 1.77. The van der Waals surface area contributed by atoms with E-state index in [2.05, 4.69) is 4.74 Å². The third-order valence-corrected chi connectivity index (χ3v) is 1.73. The van der Waals surface area contributed by atoms with Crippen molar-refractivity contribution in [2.75, 3.05) is 7.11 Å². The van der Waals surface area contributed by atoms with Crippen LogP contribution in [-0.4, -0.2) is 7.11 Å². The monoisotopic (exact) mass is 172 g/mol. The maximum Gasteiger partial charge on any atom is 0.200 e. The highest BCUT2D eigenvalue weighted by atomic mass is 19.2. The van der Waals surface area contributed by atoms with Crippen LogP contribution in [0.5, 0.6) is 5.75 Å². The van der Waals surface area contributed by atoms with E-state index in [1.54, 1.807) is 6.92 Å². The van der Waals surface area contributed by atoms with Gasteiger partial charge in [0.05, 0.1) is 7.11 Å². The van der Waals surface area contributed by atoms with Crippen molar-refractivity contribution in [3.63, 3.8) is 0 Å². The van der Waals surface area contributed by atoms with Crippen LogP contribution < -0.4 is 4.74 Å². The van der Waals surface area contributed by atoms with E-state index < -0.39 is 11.6 Å². The third kappa shape index (κ3) is 1.40. The van der Waals surface area contributed by atoms with E-state index in [9.17, 15) is 8.78 Å². The van der Waals surface area contributed by atoms with Crippen molar-refractivity contribution in [3.8, 4) is 5.75 Å². The van der Waals surface area contributed by atoms with Crippen molar-refractivity contribution in [3.05, 3.63) is 29.3 Å². The average Bonchev–Trinajstić information content (AvgIpc) is 2.10. The molecule has 1 rings (SSSR count). The fraction of sp³-hybridized carbons (Fsp3) is 0.333. The smallest absolute Gasteiger partial charge is 0.200 e. The second kappa shape index (κ2) is 3.52. The summed E-state index contributed by atoms with van der Waals surface area (Å²) in [6.07, 6.45) is 0.479. The van der Waals surface area contributed by atoms with Gasteiger partial charge in [0.15, 0.2) is 11.6 Å². The number of ether oxygens (including phenoxy) is 1. The zero-order valence-electron chi connectivity index (χ0n) is 7.03.